The molecule has 6 nitrogen and oxygen atoms in total. The molecule has 1 saturated carbocycles. The van der Waals surface area contributed by atoms with Crippen LogP contribution in [-0.2, 0) is 9.53 Å². The van der Waals surface area contributed by atoms with Gasteiger partial charge in [0, 0.05) is 24.6 Å². The molecule has 0 spiro atoms. The molecule has 2 atom stereocenters. The van der Waals surface area contributed by atoms with Gasteiger partial charge in [-0.15, -0.1) is 24.8 Å². The Hall–Kier alpha value is -0.790. The number of halogens is 3. The van der Waals surface area contributed by atoms with Crippen molar-refractivity contribution in [2.75, 3.05) is 19.8 Å². The molecule has 1 fully saturated rings. The summed E-state index contributed by atoms with van der Waals surface area (Å²) in [5.74, 6) is 0.167. The fourth-order valence-electron chi connectivity index (χ4n) is 2.77. The minimum atomic E-state index is -0.921. The van der Waals surface area contributed by atoms with Crippen molar-refractivity contribution in [3.63, 3.8) is 0 Å². The van der Waals surface area contributed by atoms with Crippen molar-refractivity contribution in [2.45, 2.75) is 38.8 Å². The second-order valence-electron chi connectivity index (χ2n) is 6.24. The highest BCUT2D eigenvalue weighted by Gasteiger charge is 2.62. The number of nitrogens with two attached hydrogens (primary N) is 1. The molecule has 1 aliphatic carbocycles. The van der Waals surface area contributed by atoms with Gasteiger partial charge in [0.25, 0.3) is 0 Å². The Morgan fingerprint density at radius 3 is 2.72 bits per heavy atom. The number of hydrogen-bond acceptors (Lipinski definition) is 5. The van der Waals surface area contributed by atoms with E-state index >= 15 is 0 Å². The Bertz CT molecular complexity index is 575. The Morgan fingerprint density at radius 2 is 2.16 bits per heavy atom. The minimum absolute atomic E-state index is 0. The van der Waals surface area contributed by atoms with E-state index in [0.29, 0.717) is 30.5 Å². The first-order chi connectivity index (χ1) is 10.8. The first kappa shape index (κ1) is 24.2. The van der Waals surface area contributed by atoms with Crippen molar-refractivity contribution in [1.29, 1.82) is 0 Å². The first-order valence-corrected chi connectivity index (χ1v) is 8.13. The van der Waals surface area contributed by atoms with Crippen LogP contribution in [-0.4, -0.2) is 42.3 Å². The molecule has 1 aliphatic rings. The molecule has 0 radical (unpaired) electrons. The van der Waals surface area contributed by atoms with Crippen LogP contribution < -0.4 is 15.8 Å². The van der Waals surface area contributed by atoms with Gasteiger partial charge in [0.15, 0.2) is 0 Å². The average molecular weight is 415 g/mol. The largest absolute Gasteiger partial charge is 0.475 e. The number of ether oxygens (including phenoxy) is 2. The SMILES string of the molecule is CCOC1CC(N)(C(=O)NCCOc2ncccc2Cl)C1(C)C.Cl.Cl. The summed E-state index contributed by atoms with van der Waals surface area (Å²) in [5.41, 5.74) is 4.97. The summed E-state index contributed by atoms with van der Waals surface area (Å²) >= 11 is 5.94. The molecule has 2 unspecified atom stereocenters. The number of carbonyl (C=O) groups is 1. The average Bonchev–Trinajstić information content (AvgIpc) is 2.52. The summed E-state index contributed by atoms with van der Waals surface area (Å²) in [7, 11) is 0. The lowest BCUT2D eigenvalue weighted by molar-refractivity contribution is -0.170. The highest BCUT2D eigenvalue weighted by Crippen LogP contribution is 2.49. The lowest BCUT2D eigenvalue weighted by Gasteiger charge is -2.57. The van der Waals surface area contributed by atoms with Crippen molar-refractivity contribution >= 4 is 42.3 Å². The highest BCUT2D eigenvalue weighted by atomic mass is 35.5. The van der Waals surface area contributed by atoms with E-state index in [1.165, 1.54) is 0 Å². The molecule has 3 N–H and O–H groups in total. The highest BCUT2D eigenvalue weighted by molar-refractivity contribution is 6.31. The third-order valence-electron chi connectivity index (χ3n) is 4.59. The van der Waals surface area contributed by atoms with Gasteiger partial charge in [-0.1, -0.05) is 25.4 Å². The summed E-state index contributed by atoms with van der Waals surface area (Å²) in [6.45, 7) is 7.08. The normalized spacial score (nSPS) is 23.5. The van der Waals surface area contributed by atoms with Gasteiger partial charge in [-0.25, -0.2) is 4.98 Å². The fourth-order valence-corrected chi connectivity index (χ4v) is 2.94. The molecule has 1 aromatic rings. The van der Waals surface area contributed by atoms with Crippen LogP contribution in [0.1, 0.15) is 27.2 Å². The van der Waals surface area contributed by atoms with Crippen molar-refractivity contribution in [3.05, 3.63) is 23.4 Å². The summed E-state index contributed by atoms with van der Waals surface area (Å²) in [6.07, 6.45) is 2.12. The number of amides is 1. The molecular weight excluding hydrogens is 389 g/mol. The van der Waals surface area contributed by atoms with Crippen LogP contribution in [0.5, 0.6) is 5.88 Å². The fraction of sp³-hybridized carbons (Fsp3) is 0.625. The molecule has 144 valence electrons. The van der Waals surface area contributed by atoms with Gasteiger partial charge in [0.2, 0.25) is 11.8 Å². The topological polar surface area (TPSA) is 86.5 Å². The van der Waals surface area contributed by atoms with Gasteiger partial charge < -0.3 is 20.5 Å². The van der Waals surface area contributed by atoms with Crippen LogP contribution in [0.25, 0.3) is 0 Å². The van der Waals surface area contributed by atoms with E-state index < -0.39 is 11.0 Å². The number of pyridine rings is 1. The molecule has 0 aromatic carbocycles. The van der Waals surface area contributed by atoms with Crippen molar-refractivity contribution in [1.82, 2.24) is 10.3 Å². The lowest BCUT2D eigenvalue weighted by Crippen LogP contribution is -2.75. The summed E-state index contributed by atoms with van der Waals surface area (Å²) in [6, 6.07) is 3.42. The number of carbonyl (C=O) groups excluding carboxylic acids is 1. The number of hydrogen-bond donors (Lipinski definition) is 2. The number of nitrogens with zero attached hydrogens (tertiary/aromatic N) is 1. The maximum Gasteiger partial charge on any atom is 0.240 e. The maximum absolute atomic E-state index is 12.4. The predicted octanol–water partition coefficient (Wildman–Crippen LogP) is 2.61. The van der Waals surface area contributed by atoms with Crippen molar-refractivity contribution in [2.24, 2.45) is 11.1 Å². The van der Waals surface area contributed by atoms with E-state index in [0.717, 1.165) is 0 Å². The third-order valence-corrected chi connectivity index (χ3v) is 4.87. The molecular formula is C16H26Cl3N3O3. The molecule has 25 heavy (non-hydrogen) atoms. The van der Waals surface area contributed by atoms with Gasteiger partial charge in [0.1, 0.15) is 17.2 Å². The van der Waals surface area contributed by atoms with Gasteiger partial charge in [-0.2, -0.15) is 0 Å². The molecule has 1 aromatic heterocycles. The van der Waals surface area contributed by atoms with E-state index in [1.807, 2.05) is 20.8 Å². The molecule has 2 rings (SSSR count). The van der Waals surface area contributed by atoms with Crippen molar-refractivity contribution in [3.8, 4) is 5.88 Å². The zero-order valence-electron chi connectivity index (χ0n) is 14.6. The van der Waals surface area contributed by atoms with E-state index in [9.17, 15) is 4.79 Å². The van der Waals surface area contributed by atoms with E-state index in [4.69, 9.17) is 26.8 Å². The second-order valence-corrected chi connectivity index (χ2v) is 6.64. The summed E-state index contributed by atoms with van der Waals surface area (Å²) in [4.78, 5) is 16.4. The van der Waals surface area contributed by atoms with Gasteiger partial charge >= 0.3 is 0 Å². The summed E-state index contributed by atoms with van der Waals surface area (Å²) < 4.78 is 11.1. The third kappa shape index (κ3) is 4.89. The standard InChI is InChI=1S/C16H24ClN3O3.2ClH/c1-4-22-12-10-16(18,15(12,2)3)14(21)20-8-9-23-13-11(17)6-5-7-19-13;;/h5-7,12H,4,8-10,18H2,1-3H3,(H,20,21);2*1H. The van der Waals surface area contributed by atoms with E-state index in [1.54, 1.807) is 18.3 Å². The number of aromatic nitrogens is 1. The predicted molar refractivity (Wildman–Crippen MR) is 103 cm³/mol. The van der Waals surface area contributed by atoms with Crippen LogP contribution in [0, 0.1) is 5.41 Å². The molecule has 0 bridgehead atoms. The Labute approximate surface area is 166 Å². The van der Waals surface area contributed by atoms with Crippen LogP contribution in [0.2, 0.25) is 5.02 Å². The van der Waals surface area contributed by atoms with Crippen LogP contribution in [0.15, 0.2) is 18.3 Å². The summed E-state index contributed by atoms with van der Waals surface area (Å²) in [5, 5.41) is 3.26. The van der Waals surface area contributed by atoms with Crippen molar-refractivity contribution < 1.29 is 14.3 Å². The van der Waals surface area contributed by atoms with Gasteiger partial charge in [-0.3, -0.25) is 4.79 Å². The van der Waals surface area contributed by atoms with E-state index in [2.05, 4.69) is 10.3 Å². The monoisotopic (exact) mass is 413 g/mol. The molecule has 1 heterocycles. The molecule has 0 aliphatic heterocycles. The quantitative estimate of drug-likeness (QED) is 0.670. The van der Waals surface area contributed by atoms with Gasteiger partial charge in [-0.05, 0) is 19.1 Å². The second kappa shape index (κ2) is 9.78. The maximum atomic E-state index is 12.4. The molecule has 1 amide bonds. The van der Waals surface area contributed by atoms with E-state index in [-0.39, 0.29) is 43.4 Å². The van der Waals surface area contributed by atoms with Gasteiger partial charge in [0.05, 0.1) is 12.6 Å². The molecule has 9 heteroatoms. The first-order valence-electron chi connectivity index (χ1n) is 7.75. The number of rotatable bonds is 7. The number of nitrogens with one attached hydrogen (secondary N) is 1. The lowest BCUT2D eigenvalue weighted by atomic mass is 9.54. The smallest absolute Gasteiger partial charge is 0.240 e. The Balaban J connectivity index is 0.00000288. The zero-order chi connectivity index (χ0) is 17.1. The zero-order valence-corrected chi connectivity index (χ0v) is 17.0. The van der Waals surface area contributed by atoms with Crippen LogP contribution >= 0.6 is 36.4 Å². The van der Waals surface area contributed by atoms with Crippen LogP contribution in [0.3, 0.4) is 0 Å². The Kier molecular flexibility index (Phi) is 9.47. The Morgan fingerprint density at radius 1 is 1.48 bits per heavy atom. The minimum Gasteiger partial charge on any atom is -0.475 e. The van der Waals surface area contributed by atoms with Crippen LogP contribution in [0.4, 0.5) is 0 Å². The molecule has 0 saturated heterocycles.